The first kappa shape index (κ1) is 18.0. The Balaban J connectivity index is 1.60. The highest BCUT2D eigenvalue weighted by Gasteiger charge is 2.19. The Labute approximate surface area is 176 Å². The average molecular weight is 422 g/mol. The number of benzene rings is 2. The standard InChI is InChI=1S/C21H16ClN5OS/c22-15-7-3-4-8-16(15)27-12-23-18-17(20(27)29)19(28)25-21(24-18)26-10-9-13-5-1-2-6-14(13)11-26/h1-8,12H,9-11H2,(H,24,25,28). The first-order valence-corrected chi connectivity index (χ1v) is 9.99. The predicted molar refractivity (Wildman–Crippen MR) is 117 cm³/mol. The summed E-state index contributed by atoms with van der Waals surface area (Å²) >= 11 is 11.9. The molecule has 0 atom stereocenters. The second-order valence-electron chi connectivity index (χ2n) is 6.90. The molecule has 0 fully saturated rings. The molecule has 6 nitrogen and oxygen atoms in total. The largest absolute Gasteiger partial charge is 0.338 e. The van der Waals surface area contributed by atoms with Crippen LogP contribution in [0.15, 0.2) is 59.7 Å². The normalized spacial score (nSPS) is 13.5. The zero-order valence-corrected chi connectivity index (χ0v) is 16.9. The van der Waals surface area contributed by atoms with Gasteiger partial charge in [0.15, 0.2) is 5.65 Å². The minimum absolute atomic E-state index is 0.281. The van der Waals surface area contributed by atoms with Gasteiger partial charge in [0.2, 0.25) is 5.95 Å². The third kappa shape index (κ3) is 3.12. The fourth-order valence-electron chi connectivity index (χ4n) is 3.67. The Morgan fingerprint density at radius 1 is 1.07 bits per heavy atom. The number of nitrogens with one attached hydrogen (secondary N) is 1. The highest BCUT2D eigenvalue weighted by Crippen LogP contribution is 2.24. The van der Waals surface area contributed by atoms with Crippen LogP contribution in [0.25, 0.3) is 16.7 Å². The van der Waals surface area contributed by atoms with Gasteiger partial charge in [0.1, 0.15) is 16.4 Å². The van der Waals surface area contributed by atoms with Crippen molar-refractivity contribution in [3.63, 3.8) is 0 Å². The zero-order chi connectivity index (χ0) is 20.0. The van der Waals surface area contributed by atoms with Crippen LogP contribution in [0.5, 0.6) is 0 Å². The van der Waals surface area contributed by atoms with Crippen molar-refractivity contribution in [2.75, 3.05) is 11.4 Å². The Morgan fingerprint density at radius 2 is 1.83 bits per heavy atom. The lowest BCUT2D eigenvalue weighted by Gasteiger charge is -2.29. The number of rotatable bonds is 2. The van der Waals surface area contributed by atoms with Gasteiger partial charge in [-0.25, -0.2) is 4.98 Å². The fraction of sp³-hybridized carbons (Fsp3) is 0.143. The van der Waals surface area contributed by atoms with E-state index < -0.39 is 0 Å². The van der Waals surface area contributed by atoms with E-state index in [1.165, 1.54) is 11.1 Å². The Hall–Kier alpha value is -3.03. The molecule has 2 aromatic carbocycles. The molecule has 0 unspecified atom stereocenters. The third-order valence-corrected chi connectivity index (χ3v) is 5.88. The first-order chi connectivity index (χ1) is 14.1. The molecule has 0 radical (unpaired) electrons. The lowest BCUT2D eigenvalue weighted by molar-refractivity contribution is 0.707. The molecule has 2 aromatic heterocycles. The summed E-state index contributed by atoms with van der Waals surface area (Å²) in [5, 5.41) is 0.807. The van der Waals surface area contributed by atoms with Crippen molar-refractivity contribution >= 4 is 40.8 Å². The Morgan fingerprint density at radius 3 is 2.66 bits per heavy atom. The minimum Gasteiger partial charge on any atom is -0.338 e. The van der Waals surface area contributed by atoms with Gasteiger partial charge in [-0.15, -0.1) is 0 Å². The molecule has 3 heterocycles. The van der Waals surface area contributed by atoms with Gasteiger partial charge in [-0.1, -0.05) is 60.2 Å². The van der Waals surface area contributed by atoms with Crippen LogP contribution in [-0.4, -0.2) is 26.1 Å². The van der Waals surface area contributed by atoms with Crippen molar-refractivity contribution in [3.8, 4) is 5.69 Å². The van der Waals surface area contributed by atoms with Gasteiger partial charge in [0.05, 0.1) is 10.7 Å². The summed E-state index contributed by atoms with van der Waals surface area (Å²) in [6, 6.07) is 15.6. The molecule has 0 amide bonds. The number of H-pyrrole nitrogens is 1. The van der Waals surface area contributed by atoms with Crippen LogP contribution < -0.4 is 10.5 Å². The van der Waals surface area contributed by atoms with Gasteiger partial charge in [0.25, 0.3) is 5.56 Å². The zero-order valence-electron chi connectivity index (χ0n) is 15.3. The average Bonchev–Trinajstić information content (AvgIpc) is 2.74. The number of aromatic nitrogens is 4. The smallest absolute Gasteiger partial charge is 0.264 e. The number of fused-ring (bicyclic) bond motifs is 2. The number of para-hydroxylation sites is 1. The lowest BCUT2D eigenvalue weighted by Crippen LogP contribution is -2.33. The van der Waals surface area contributed by atoms with Gasteiger partial charge >= 0.3 is 0 Å². The summed E-state index contributed by atoms with van der Waals surface area (Å²) in [4.78, 5) is 26.8. The number of aromatic amines is 1. The summed E-state index contributed by atoms with van der Waals surface area (Å²) in [5.41, 5.74) is 3.27. The van der Waals surface area contributed by atoms with Crippen molar-refractivity contribution in [3.05, 3.63) is 86.0 Å². The second-order valence-corrected chi connectivity index (χ2v) is 7.69. The van der Waals surface area contributed by atoms with E-state index in [0.29, 0.717) is 33.5 Å². The van der Waals surface area contributed by atoms with Crippen molar-refractivity contribution < 1.29 is 0 Å². The van der Waals surface area contributed by atoms with Crippen molar-refractivity contribution in [1.82, 2.24) is 19.5 Å². The summed E-state index contributed by atoms with van der Waals surface area (Å²) in [6.45, 7) is 1.47. The molecule has 8 heteroatoms. The molecule has 0 spiro atoms. The molecule has 29 heavy (non-hydrogen) atoms. The van der Waals surface area contributed by atoms with E-state index >= 15 is 0 Å². The van der Waals surface area contributed by atoms with E-state index in [-0.39, 0.29) is 10.9 Å². The topological polar surface area (TPSA) is 66.8 Å². The second kappa shape index (κ2) is 7.09. The summed E-state index contributed by atoms with van der Waals surface area (Å²) in [6.07, 6.45) is 2.46. The molecule has 0 aliphatic carbocycles. The van der Waals surface area contributed by atoms with Gasteiger partial charge in [0, 0.05) is 13.1 Å². The highest BCUT2D eigenvalue weighted by molar-refractivity contribution is 7.71. The Bertz CT molecular complexity index is 1360. The van der Waals surface area contributed by atoms with Gasteiger partial charge in [-0.2, -0.15) is 4.98 Å². The van der Waals surface area contributed by atoms with Crippen molar-refractivity contribution in [2.45, 2.75) is 13.0 Å². The van der Waals surface area contributed by atoms with Crippen LogP contribution in [0.2, 0.25) is 5.02 Å². The molecular weight excluding hydrogens is 406 g/mol. The molecule has 4 aromatic rings. The summed E-state index contributed by atoms with van der Waals surface area (Å²) in [5.74, 6) is 0.509. The summed E-state index contributed by atoms with van der Waals surface area (Å²) in [7, 11) is 0. The van der Waals surface area contributed by atoms with Crippen molar-refractivity contribution in [1.29, 1.82) is 0 Å². The third-order valence-electron chi connectivity index (χ3n) is 5.16. The SMILES string of the molecule is O=c1[nH]c(N2CCc3ccccc3C2)nc2ncn(-c3ccccc3Cl)c(=S)c12. The van der Waals surface area contributed by atoms with Crippen LogP contribution in [0.4, 0.5) is 5.95 Å². The van der Waals surface area contributed by atoms with Gasteiger partial charge in [-0.05, 0) is 29.7 Å². The van der Waals surface area contributed by atoms with Crippen LogP contribution in [0.3, 0.4) is 0 Å². The molecule has 0 bridgehead atoms. The number of hydrogen-bond acceptors (Lipinski definition) is 5. The minimum atomic E-state index is -0.303. The van der Waals surface area contributed by atoms with E-state index in [0.717, 1.165) is 13.0 Å². The number of hydrogen-bond donors (Lipinski definition) is 1. The lowest BCUT2D eigenvalue weighted by atomic mass is 10.0. The van der Waals surface area contributed by atoms with Crippen molar-refractivity contribution in [2.24, 2.45) is 0 Å². The molecular formula is C21H16ClN5OS. The first-order valence-electron chi connectivity index (χ1n) is 9.20. The molecule has 0 saturated carbocycles. The maximum Gasteiger partial charge on any atom is 0.264 e. The fourth-order valence-corrected chi connectivity index (χ4v) is 4.22. The molecule has 1 aliphatic rings. The monoisotopic (exact) mass is 421 g/mol. The maximum atomic E-state index is 12.9. The highest BCUT2D eigenvalue weighted by atomic mass is 35.5. The predicted octanol–water partition coefficient (Wildman–Crippen LogP) is 4.05. The van der Waals surface area contributed by atoms with Crippen LogP contribution >= 0.6 is 23.8 Å². The molecule has 5 rings (SSSR count). The quantitative estimate of drug-likeness (QED) is 0.494. The van der Waals surface area contributed by atoms with E-state index in [1.807, 2.05) is 30.3 Å². The van der Waals surface area contributed by atoms with Crippen LogP contribution in [0.1, 0.15) is 11.1 Å². The van der Waals surface area contributed by atoms with E-state index in [9.17, 15) is 4.79 Å². The molecule has 1 aliphatic heterocycles. The van der Waals surface area contributed by atoms with Crippen LogP contribution in [0, 0.1) is 4.64 Å². The molecule has 0 saturated heterocycles. The van der Waals surface area contributed by atoms with Gasteiger partial charge in [-0.3, -0.25) is 14.3 Å². The molecule has 1 N–H and O–H groups in total. The number of nitrogens with zero attached hydrogens (tertiary/aromatic N) is 4. The van der Waals surface area contributed by atoms with Gasteiger partial charge < -0.3 is 4.90 Å². The van der Waals surface area contributed by atoms with E-state index in [4.69, 9.17) is 23.8 Å². The summed E-state index contributed by atoms with van der Waals surface area (Å²) < 4.78 is 1.96. The number of halogens is 1. The van der Waals surface area contributed by atoms with Crippen LogP contribution in [-0.2, 0) is 13.0 Å². The maximum absolute atomic E-state index is 12.9. The Kier molecular flexibility index (Phi) is 4.41. The molecule has 144 valence electrons. The number of anilines is 1. The van der Waals surface area contributed by atoms with E-state index in [1.54, 1.807) is 17.0 Å². The van der Waals surface area contributed by atoms with E-state index in [2.05, 4.69) is 32.0 Å².